The third kappa shape index (κ3) is 3.97. The molecule has 0 radical (unpaired) electrons. The van der Waals surface area contributed by atoms with E-state index in [4.69, 9.17) is 4.74 Å². The van der Waals surface area contributed by atoms with Crippen LogP contribution in [0.3, 0.4) is 0 Å². The molecule has 6 heteroatoms. The van der Waals surface area contributed by atoms with Gasteiger partial charge in [-0.15, -0.1) is 0 Å². The molecule has 0 saturated carbocycles. The number of amides is 1. The molecule has 0 bridgehead atoms. The fraction of sp³-hybridized carbons (Fsp3) is 0.150. The number of methoxy groups -OCH3 is 1. The zero-order valence-electron chi connectivity index (χ0n) is 14.7. The number of nitrogens with one attached hydrogen (secondary N) is 1. The number of aromatic nitrogens is 2. The van der Waals surface area contributed by atoms with E-state index in [0.717, 1.165) is 17.0 Å². The number of ether oxygens (including phenoxy) is 1. The highest BCUT2D eigenvalue weighted by Crippen LogP contribution is 2.20. The van der Waals surface area contributed by atoms with Gasteiger partial charge in [0, 0.05) is 24.8 Å². The monoisotopic (exact) mass is 348 g/mol. The minimum Gasteiger partial charge on any atom is -0.496 e. The first-order chi connectivity index (χ1) is 12.7. The molecule has 1 heterocycles. The van der Waals surface area contributed by atoms with Crippen LogP contribution in [0.5, 0.6) is 5.75 Å². The molecule has 26 heavy (non-hydrogen) atoms. The number of benzene rings is 2. The summed E-state index contributed by atoms with van der Waals surface area (Å²) in [5.74, 6) is 1.12. The van der Waals surface area contributed by atoms with Crippen LogP contribution in [0.25, 0.3) is 0 Å². The van der Waals surface area contributed by atoms with Gasteiger partial charge in [0.25, 0.3) is 5.91 Å². The first-order valence-electron chi connectivity index (χ1n) is 8.20. The Bertz CT molecular complexity index is 866. The summed E-state index contributed by atoms with van der Waals surface area (Å²) >= 11 is 0. The van der Waals surface area contributed by atoms with E-state index in [1.807, 2.05) is 66.5 Å². The third-order valence-electron chi connectivity index (χ3n) is 3.99. The van der Waals surface area contributed by atoms with E-state index in [1.54, 1.807) is 13.3 Å². The lowest BCUT2D eigenvalue weighted by Crippen LogP contribution is -2.24. The van der Waals surface area contributed by atoms with E-state index in [9.17, 15) is 4.79 Å². The predicted octanol–water partition coefficient (Wildman–Crippen LogP) is 3.18. The zero-order chi connectivity index (χ0) is 18.4. The highest BCUT2D eigenvalue weighted by atomic mass is 16.5. The molecule has 0 aliphatic heterocycles. The summed E-state index contributed by atoms with van der Waals surface area (Å²) < 4.78 is 5.28. The number of para-hydroxylation sites is 2. The summed E-state index contributed by atoms with van der Waals surface area (Å²) in [4.78, 5) is 22.8. The average Bonchev–Trinajstić information content (AvgIpc) is 2.72. The van der Waals surface area contributed by atoms with E-state index < -0.39 is 0 Å². The molecule has 3 aromatic rings. The van der Waals surface area contributed by atoms with Crippen molar-refractivity contribution in [2.75, 3.05) is 19.1 Å². The van der Waals surface area contributed by atoms with Crippen LogP contribution in [-0.4, -0.2) is 30.0 Å². The van der Waals surface area contributed by atoms with Gasteiger partial charge in [0.05, 0.1) is 19.5 Å². The Morgan fingerprint density at radius 1 is 1.04 bits per heavy atom. The molecular formula is C20H20N4O2. The van der Waals surface area contributed by atoms with Crippen LogP contribution < -0.4 is 15.0 Å². The number of nitrogens with zero attached hydrogens (tertiary/aromatic N) is 3. The van der Waals surface area contributed by atoms with Crippen LogP contribution in [0.4, 0.5) is 11.5 Å². The second-order valence-corrected chi connectivity index (χ2v) is 5.65. The van der Waals surface area contributed by atoms with Crippen molar-refractivity contribution in [3.05, 3.63) is 78.2 Å². The van der Waals surface area contributed by atoms with Crippen molar-refractivity contribution >= 4 is 17.4 Å². The Labute approximate surface area is 152 Å². The first-order valence-corrected chi connectivity index (χ1v) is 8.20. The van der Waals surface area contributed by atoms with Crippen LogP contribution in [-0.2, 0) is 6.54 Å². The fourth-order valence-electron chi connectivity index (χ4n) is 2.51. The second-order valence-electron chi connectivity index (χ2n) is 5.65. The second kappa shape index (κ2) is 8.11. The largest absolute Gasteiger partial charge is 0.496 e. The van der Waals surface area contributed by atoms with Gasteiger partial charge in [-0.25, -0.2) is 9.97 Å². The maximum Gasteiger partial charge on any atom is 0.271 e. The molecule has 0 spiro atoms. The van der Waals surface area contributed by atoms with Crippen LogP contribution in [0.1, 0.15) is 16.1 Å². The number of anilines is 2. The van der Waals surface area contributed by atoms with Gasteiger partial charge < -0.3 is 15.0 Å². The normalized spacial score (nSPS) is 10.2. The molecule has 0 saturated heterocycles. The van der Waals surface area contributed by atoms with Crippen LogP contribution in [0.2, 0.25) is 0 Å². The molecule has 0 atom stereocenters. The number of rotatable bonds is 6. The summed E-state index contributed by atoms with van der Waals surface area (Å²) in [5, 5.41) is 2.84. The standard InChI is InChI=1S/C20H20N4O2/c1-24(16-9-4-3-5-10-16)19-14-21-17(13-22-19)20(25)23-12-15-8-6-7-11-18(15)26-2/h3-11,13-14H,12H2,1-2H3,(H,23,25). The summed E-state index contributed by atoms with van der Waals surface area (Å²) in [6.45, 7) is 0.357. The molecule has 0 unspecified atom stereocenters. The highest BCUT2D eigenvalue weighted by Gasteiger charge is 2.11. The SMILES string of the molecule is COc1ccccc1CNC(=O)c1cnc(N(C)c2ccccc2)cn1. The van der Waals surface area contributed by atoms with Crippen molar-refractivity contribution in [1.29, 1.82) is 0 Å². The van der Waals surface area contributed by atoms with Crippen LogP contribution in [0.15, 0.2) is 67.0 Å². The maximum absolute atomic E-state index is 12.3. The molecular weight excluding hydrogens is 328 g/mol. The Kier molecular flexibility index (Phi) is 5.43. The molecule has 3 rings (SSSR count). The minimum absolute atomic E-state index is 0.269. The van der Waals surface area contributed by atoms with E-state index in [2.05, 4.69) is 15.3 Å². The van der Waals surface area contributed by atoms with E-state index >= 15 is 0 Å². The van der Waals surface area contributed by atoms with Crippen LogP contribution >= 0.6 is 0 Å². The zero-order valence-corrected chi connectivity index (χ0v) is 14.7. The lowest BCUT2D eigenvalue weighted by atomic mass is 10.2. The Morgan fingerprint density at radius 3 is 2.46 bits per heavy atom. The van der Waals surface area contributed by atoms with Gasteiger partial charge in [-0.3, -0.25) is 4.79 Å². The van der Waals surface area contributed by atoms with Crippen LogP contribution in [0, 0.1) is 0 Å². The number of hydrogen-bond acceptors (Lipinski definition) is 5. The van der Waals surface area contributed by atoms with Gasteiger partial charge in [0.1, 0.15) is 11.4 Å². The maximum atomic E-state index is 12.3. The fourth-order valence-corrected chi connectivity index (χ4v) is 2.51. The Hall–Kier alpha value is -3.41. The predicted molar refractivity (Wildman–Crippen MR) is 101 cm³/mol. The third-order valence-corrected chi connectivity index (χ3v) is 3.99. The topological polar surface area (TPSA) is 67.3 Å². The van der Waals surface area contributed by atoms with Gasteiger partial charge in [-0.2, -0.15) is 0 Å². The van der Waals surface area contributed by atoms with Gasteiger partial charge in [-0.1, -0.05) is 36.4 Å². The first kappa shape index (κ1) is 17.4. The molecule has 0 aliphatic carbocycles. The van der Waals surface area contributed by atoms with E-state index in [-0.39, 0.29) is 11.6 Å². The van der Waals surface area contributed by atoms with Crippen molar-refractivity contribution < 1.29 is 9.53 Å². The number of hydrogen-bond donors (Lipinski definition) is 1. The van der Waals surface area contributed by atoms with Gasteiger partial charge in [0.2, 0.25) is 0 Å². The van der Waals surface area contributed by atoms with Gasteiger partial charge in [-0.05, 0) is 18.2 Å². The smallest absolute Gasteiger partial charge is 0.271 e. The molecule has 2 aromatic carbocycles. The van der Waals surface area contributed by atoms with Crippen molar-refractivity contribution in [3.8, 4) is 5.75 Å². The molecule has 6 nitrogen and oxygen atoms in total. The summed E-state index contributed by atoms with van der Waals surface area (Å²) in [6.07, 6.45) is 3.07. The Balaban J connectivity index is 1.65. The molecule has 1 amide bonds. The molecule has 1 N–H and O–H groups in total. The number of carbonyl (C=O) groups is 1. The minimum atomic E-state index is -0.280. The average molecular weight is 348 g/mol. The summed E-state index contributed by atoms with van der Waals surface area (Å²) in [6, 6.07) is 17.4. The molecule has 0 aliphatic rings. The van der Waals surface area contributed by atoms with Gasteiger partial charge >= 0.3 is 0 Å². The summed E-state index contributed by atoms with van der Waals surface area (Å²) in [5.41, 5.74) is 2.16. The lowest BCUT2D eigenvalue weighted by Gasteiger charge is -2.17. The quantitative estimate of drug-likeness (QED) is 0.741. The molecule has 0 fully saturated rings. The molecule has 1 aromatic heterocycles. The van der Waals surface area contributed by atoms with Crippen molar-refractivity contribution in [1.82, 2.24) is 15.3 Å². The van der Waals surface area contributed by atoms with Crippen molar-refractivity contribution in [2.24, 2.45) is 0 Å². The highest BCUT2D eigenvalue weighted by molar-refractivity contribution is 5.92. The van der Waals surface area contributed by atoms with E-state index in [0.29, 0.717) is 12.4 Å². The number of carbonyl (C=O) groups excluding carboxylic acids is 1. The van der Waals surface area contributed by atoms with Crippen molar-refractivity contribution in [3.63, 3.8) is 0 Å². The van der Waals surface area contributed by atoms with E-state index in [1.165, 1.54) is 6.20 Å². The Morgan fingerprint density at radius 2 is 1.77 bits per heavy atom. The summed E-state index contributed by atoms with van der Waals surface area (Å²) in [7, 11) is 3.51. The lowest BCUT2D eigenvalue weighted by molar-refractivity contribution is 0.0945. The van der Waals surface area contributed by atoms with Crippen molar-refractivity contribution in [2.45, 2.75) is 6.54 Å². The van der Waals surface area contributed by atoms with Gasteiger partial charge in [0.15, 0.2) is 5.82 Å². The molecule has 132 valence electrons.